The molecule has 0 aromatic heterocycles. The maximum Gasteiger partial charge on any atom is 0.311 e. The van der Waals surface area contributed by atoms with E-state index in [1.54, 1.807) is 0 Å². The molecule has 0 spiro atoms. The summed E-state index contributed by atoms with van der Waals surface area (Å²) in [6.45, 7) is 0.220. The van der Waals surface area contributed by atoms with Gasteiger partial charge in [0.15, 0.2) is 0 Å². The van der Waals surface area contributed by atoms with Crippen molar-refractivity contribution in [2.45, 2.75) is 6.04 Å². The van der Waals surface area contributed by atoms with Gasteiger partial charge in [-0.1, -0.05) is 0 Å². The summed E-state index contributed by atoms with van der Waals surface area (Å²) in [4.78, 5) is 32.5. The molecule has 1 heterocycles. The van der Waals surface area contributed by atoms with Crippen LogP contribution in [0.5, 0.6) is 0 Å². The predicted molar refractivity (Wildman–Crippen MR) is 71.0 cm³/mol. The van der Waals surface area contributed by atoms with Gasteiger partial charge in [-0.3, -0.25) is 19.7 Å². The number of carboxylic acids is 1. The number of ether oxygens (including phenoxy) is 1. The number of nitrogens with zero attached hydrogens (tertiary/aromatic N) is 1. The minimum absolute atomic E-state index is 0.0614. The third kappa shape index (κ3) is 3.08. The van der Waals surface area contributed by atoms with Crippen LogP contribution >= 0.6 is 0 Å². The number of nitrogens with two attached hydrogens (primary N) is 1. The van der Waals surface area contributed by atoms with Crippen LogP contribution in [0.4, 0.5) is 11.4 Å². The lowest BCUT2D eigenvalue weighted by Crippen LogP contribution is -2.34. The van der Waals surface area contributed by atoms with E-state index in [1.165, 1.54) is 12.1 Å². The molecule has 1 aromatic carbocycles. The minimum Gasteiger partial charge on any atom is -0.481 e. The van der Waals surface area contributed by atoms with E-state index >= 15 is 0 Å². The van der Waals surface area contributed by atoms with Gasteiger partial charge >= 0.3 is 5.97 Å². The zero-order chi connectivity index (χ0) is 15.6. The Kier molecular flexibility index (Phi) is 4.03. The smallest absolute Gasteiger partial charge is 0.311 e. The first kappa shape index (κ1) is 14.7. The molecule has 1 aliphatic heterocycles. The number of hydrogen-bond acceptors (Lipinski definition) is 6. The topological polar surface area (TPSA) is 145 Å². The molecule has 1 saturated heterocycles. The number of nitro benzene ring substituents is 1. The van der Waals surface area contributed by atoms with Gasteiger partial charge < -0.3 is 20.9 Å². The van der Waals surface area contributed by atoms with Crippen molar-refractivity contribution in [3.8, 4) is 0 Å². The van der Waals surface area contributed by atoms with Crippen LogP contribution in [-0.2, 0) is 9.53 Å². The first-order valence-corrected chi connectivity index (χ1v) is 6.05. The molecular weight excluding hydrogens is 282 g/mol. The molecule has 0 bridgehead atoms. The molecule has 9 heteroatoms. The number of carbonyl (C=O) groups is 2. The van der Waals surface area contributed by atoms with E-state index < -0.39 is 28.8 Å². The number of hydrogen-bond donors (Lipinski definition) is 3. The van der Waals surface area contributed by atoms with Crippen LogP contribution in [0, 0.1) is 16.0 Å². The van der Waals surface area contributed by atoms with Crippen LogP contribution in [-0.4, -0.2) is 41.2 Å². The number of aliphatic carboxylic acids is 1. The van der Waals surface area contributed by atoms with Crippen molar-refractivity contribution in [1.29, 1.82) is 0 Å². The number of benzene rings is 1. The van der Waals surface area contributed by atoms with Crippen molar-refractivity contribution in [2.75, 3.05) is 18.5 Å². The SMILES string of the molecule is NC(=O)c1cc([N+](=O)[O-])ccc1NC1COCC1C(=O)O. The van der Waals surface area contributed by atoms with Crippen LogP contribution in [0.3, 0.4) is 0 Å². The predicted octanol–water partition coefficient (Wildman–Crippen LogP) is 0.205. The molecule has 112 valence electrons. The summed E-state index contributed by atoms with van der Waals surface area (Å²) in [6.07, 6.45) is 0. The summed E-state index contributed by atoms with van der Waals surface area (Å²) in [7, 11) is 0. The van der Waals surface area contributed by atoms with Crippen LogP contribution in [0.2, 0.25) is 0 Å². The fourth-order valence-corrected chi connectivity index (χ4v) is 2.12. The lowest BCUT2D eigenvalue weighted by Gasteiger charge is -2.18. The normalized spacial score (nSPS) is 21.0. The number of non-ortho nitro benzene ring substituents is 1. The van der Waals surface area contributed by atoms with Gasteiger partial charge in [0, 0.05) is 17.8 Å². The van der Waals surface area contributed by atoms with Crippen molar-refractivity contribution in [2.24, 2.45) is 11.7 Å². The second kappa shape index (κ2) is 5.75. The molecule has 9 nitrogen and oxygen atoms in total. The van der Waals surface area contributed by atoms with Crippen LogP contribution in [0.1, 0.15) is 10.4 Å². The lowest BCUT2D eigenvalue weighted by atomic mass is 10.0. The molecule has 2 unspecified atom stereocenters. The Hall–Kier alpha value is -2.68. The highest BCUT2D eigenvalue weighted by Gasteiger charge is 2.34. The van der Waals surface area contributed by atoms with Gasteiger partial charge in [-0.15, -0.1) is 0 Å². The highest BCUT2D eigenvalue weighted by Crippen LogP contribution is 2.25. The van der Waals surface area contributed by atoms with Crippen molar-refractivity contribution in [3.05, 3.63) is 33.9 Å². The lowest BCUT2D eigenvalue weighted by molar-refractivity contribution is -0.384. The molecule has 0 saturated carbocycles. The maximum absolute atomic E-state index is 11.4. The Morgan fingerprint density at radius 3 is 2.71 bits per heavy atom. The summed E-state index contributed by atoms with van der Waals surface area (Å²) in [5.41, 5.74) is 5.11. The number of rotatable bonds is 5. The van der Waals surface area contributed by atoms with E-state index in [-0.39, 0.29) is 30.2 Å². The molecule has 1 aromatic rings. The van der Waals surface area contributed by atoms with Gasteiger partial charge in [-0.2, -0.15) is 0 Å². The summed E-state index contributed by atoms with van der Waals surface area (Å²) in [5, 5.41) is 22.6. The molecule has 1 fully saturated rings. The molecule has 1 aliphatic rings. The molecule has 1 amide bonds. The molecule has 2 atom stereocenters. The molecule has 0 radical (unpaired) electrons. The van der Waals surface area contributed by atoms with Crippen LogP contribution < -0.4 is 11.1 Å². The number of carboxylic acid groups (broad SMARTS) is 1. The second-order valence-electron chi connectivity index (χ2n) is 4.58. The Morgan fingerprint density at radius 1 is 1.43 bits per heavy atom. The number of amides is 1. The highest BCUT2D eigenvalue weighted by molar-refractivity contribution is 5.99. The quantitative estimate of drug-likeness (QED) is 0.519. The van der Waals surface area contributed by atoms with Crippen LogP contribution in [0.25, 0.3) is 0 Å². The molecule has 4 N–H and O–H groups in total. The Labute approximate surface area is 118 Å². The Morgan fingerprint density at radius 2 is 2.14 bits per heavy atom. The fraction of sp³-hybridized carbons (Fsp3) is 0.333. The molecule has 2 rings (SSSR count). The van der Waals surface area contributed by atoms with Crippen molar-refractivity contribution in [3.63, 3.8) is 0 Å². The zero-order valence-corrected chi connectivity index (χ0v) is 10.8. The first-order chi connectivity index (χ1) is 9.90. The number of nitro groups is 1. The number of anilines is 1. The molecular formula is C12H13N3O6. The van der Waals surface area contributed by atoms with Gasteiger partial charge in [0.2, 0.25) is 0 Å². The number of nitrogens with one attached hydrogen (secondary N) is 1. The largest absolute Gasteiger partial charge is 0.481 e. The third-order valence-corrected chi connectivity index (χ3v) is 3.22. The monoisotopic (exact) mass is 295 g/mol. The molecule has 0 aliphatic carbocycles. The fourth-order valence-electron chi connectivity index (χ4n) is 2.12. The zero-order valence-electron chi connectivity index (χ0n) is 10.8. The number of primary amides is 1. The third-order valence-electron chi connectivity index (χ3n) is 3.22. The van der Waals surface area contributed by atoms with E-state index in [0.717, 1.165) is 6.07 Å². The van der Waals surface area contributed by atoms with E-state index in [2.05, 4.69) is 5.32 Å². The molecule has 21 heavy (non-hydrogen) atoms. The van der Waals surface area contributed by atoms with Gasteiger partial charge in [0.25, 0.3) is 11.6 Å². The van der Waals surface area contributed by atoms with E-state index in [1.807, 2.05) is 0 Å². The van der Waals surface area contributed by atoms with E-state index in [0.29, 0.717) is 0 Å². The minimum atomic E-state index is -1.02. The average molecular weight is 295 g/mol. The standard InChI is InChI=1S/C12H13N3O6/c13-11(16)7-3-6(15(19)20)1-2-9(7)14-10-5-21-4-8(10)12(17)18/h1-3,8,10,14H,4-5H2,(H2,13,16)(H,17,18). The van der Waals surface area contributed by atoms with Gasteiger partial charge in [0.05, 0.1) is 29.7 Å². The Balaban J connectivity index is 2.29. The van der Waals surface area contributed by atoms with Gasteiger partial charge in [-0.25, -0.2) is 0 Å². The van der Waals surface area contributed by atoms with Crippen molar-refractivity contribution < 1.29 is 24.4 Å². The van der Waals surface area contributed by atoms with Gasteiger partial charge in [-0.05, 0) is 6.07 Å². The van der Waals surface area contributed by atoms with E-state index in [4.69, 9.17) is 15.6 Å². The van der Waals surface area contributed by atoms with Crippen LogP contribution in [0.15, 0.2) is 18.2 Å². The van der Waals surface area contributed by atoms with Gasteiger partial charge in [0.1, 0.15) is 5.92 Å². The Bertz CT molecular complexity index is 603. The second-order valence-corrected chi connectivity index (χ2v) is 4.58. The van der Waals surface area contributed by atoms with Crippen molar-refractivity contribution in [1.82, 2.24) is 0 Å². The summed E-state index contributed by atoms with van der Waals surface area (Å²) in [5.74, 6) is -2.62. The maximum atomic E-state index is 11.4. The summed E-state index contributed by atoms with van der Waals surface area (Å²) in [6, 6.07) is 3.05. The summed E-state index contributed by atoms with van der Waals surface area (Å²) < 4.78 is 5.10. The van der Waals surface area contributed by atoms with Crippen molar-refractivity contribution >= 4 is 23.3 Å². The number of carbonyl (C=O) groups excluding carboxylic acids is 1. The van der Waals surface area contributed by atoms with E-state index in [9.17, 15) is 19.7 Å². The highest BCUT2D eigenvalue weighted by atomic mass is 16.6. The average Bonchev–Trinajstić information content (AvgIpc) is 2.87. The summed E-state index contributed by atoms with van der Waals surface area (Å²) >= 11 is 0. The first-order valence-electron chi connectivity index (χ1n) is 6.05.